The summed E-state index contributed by atoms with van der Waals surface area (Å²) in [6.45, 7) is 10.5. The van der Waals surface area contributed by atoms with Gasteiger partial charge in [-0.2, -0.15) is 0 Å². The molecular formula is C12H19Cl. The van der Waals surface area contributed by atoms with Gasteiger partial charge in [-0.3, -0.25) is 0 Å². The van der Waals surface area contributed by atoms with Crippen LogP contribution in [0, 0.1) is 6.92 Å². The second-order valence-electron chi connectivity index (χ2n) is 3.16. The Morgan fingerprint density at radius 1 is 1.15 bits per heavy atom. The average Bonchev–Trinajstić information content (AvgIpc) is 2.07. The normalized spacial score (nSPS) is 9.46. The van der Waals surface area contributed by atoms with Gasteiger partial charge in [-0.1, -0.05) is 45.4 Å². The summed E-state index contributed by atoms with van der Waals surface area (Å²) in [7, 11) is 0. The van der Waals surface area contributed by atoms with Crippen LogP contribution < -0.4 is 0 Å². The molecule has 0 amide bonds. The molecule has 1 heteroatoms. The molecule has 0 saturated carbocycles. The van der Waals surface area contributed by atoms with Gasteiger partial charge in [0.1, 0.15) is 0 Å². The highest BCUT2D eigenvalue weighted by Crippen LogP contribution is 2.21. The van der Waals surface area contributed by atoms with E-state index < -0.39 is 0 Å². The van der Waals surface area contributed by atoms with Gasteiger partial charge in [0.15, 0.2) is 0 Å². The third-order valence-electron chi connectivity index (χ3n) is 1.85. The molecule has 0 aromatic heterocycles. The lowest BCUT2D eigenvalue weighted by molar-refractivity contribution is 0.856. The van der Waals surface area contributed by atoms with Gasteiger partial charge in [-0.15, -0.1) is 0 Å². The molecule has 0 bridgehead atoms. The summed E-state index contributed by atoms with van der Waals surface area (Å²) >= 11 is 5.82. The van der Waals surface area contributed by atoms with E-state index in [9.17, 15) is 0 Å². The lowest BCUT2D eigenvalue weighted by atomic mass is 9.98. The van der Waals surface area contributed by atoms with Crippen molar-refractivity contribution in [3.05, 3.63) is 34.3 Å². The molecule has 0 saturated heterocycles. The van der Waals surface area contributed by atoms with Crippen molar-refractivity contribution in [2.75, 3.05) is 0 Å². The van der Waals surface area contributed by atoms with Gasteiger partial charge < -0.3 is 0 Å². The minimum atomic E-state index is 0.590. The van der Waals surface area contributed by atoms with E-state index in [-0.39, 0.29) is 0 Å². The van der Waals surface area contributed by atoms with Gasteiger partial charge in [0.25, 0.3) is 0 Å². The maximum Gasteiger partial charge on any atom is 0.0408 e. The lowest BCUT2D eigenvalue weighted by Gasteiger charge is -2.08. The van der Waals surface area contributed by atoms with E-state index in [4.69, 9.17) is 11.6 Å². The SMILES string of the molecule is CC.Cc1cc(Cl)ccc1C(C)C. The second-order valence-corrected chi connectivity index (χ2v) is 3.59. The first-order valence-corrected chi connectivity index (χ1v) is 5.25. The second kappa shape index (κ2) is 6.04. The number of halogens is 1. The molecule has 0 aliphatic carbocycles. The molecule has 74 valence electrons. The summed E-state index contributed by atoms with van der Waals surface area (Å²) in [5.74, 6) is 0.590. The molecule has 1 rings (SSSR count). The highest BCUT2D eigenvalue weighted by Gasteiger charge is 2.02. The van der Waals surface area contributed by atoms with Crippen LogP contribution in [0.2, 0.25) is 5.02 Å². The largest absolute Gasteiger partial charge is 0.0843 e. The number of aryl methyl sites for hydroxylation is 1. The fraction of sp³-hybridized carbons (Fsp3) is 0.500. The monoisotopic (exact) mass is 198 g/mol. The summed E-state index contributed by atoms with van der Waals surface area (Å²) in [6.07, 6.45) is 0. The summed E-state index contributed by atoms with van der Waals surface area (Å²) in [4.78, 5) is 0. The van der Waals surface area contributed by atoms with E-state index in [1.54, 1.807) is 0 Å². The molecule has 0 radical (unpaired) electrons. The zero-order chi connectivity index (χ0) is 10.4. The van der Waals surface area contributed by atoms with E-state index in [0.717, 1.165) is 5.02 Å². The summed E-state index contributed by atoms with van der Waals surface area (Å²) in [5.41, 5.74) is 2.67. The van der Waals surface area contributed by atoms with Crippen molar-refractivity contribution in [1.82, 2.24) is 0 Å². The van der Waals surface area contributed by atoms with Crippen LogP contribution >= 0.6 is 11.6 Å². The van der Waals surface area contributed by atoms with Crippen molar-refractivity contribution < 1.29 is 0 Å². The van der Waals surface area contributed by atoms with Crippen LogP contribution in [0.4, 0.5) is 0 Å². The smallest absolute Gasteiger partial charge is 0.0408 e. The molecule has 0 aliphatic rings. The van der Waals surface area contributed by atoms with Gasteiger partial charge in [0.2, 0.25) is 0 Å². The third kappa shape index (κ3) is 3.82. The summed E-state index contributed by atoms with van der Waals surface area (Å²) in [5, 5.41) is 0.826. The molecule has 0 heterocycles. The van der Waals surface area contributed by atoms with Gasteiger partial charge in [0.05, 0.1) is 0 Å². The fourth-order valence-electron chi connectivity index (χ4n) is 1.29. The maximum absolute atomic E-state index is 5.82. The molecule has 0 fully saturated rings. The van der Waals surface area contributed by atoms with Gasteiger partial charge >= 0.3 is 0 Å². The molecule has 0 nitrogen and oxygen atoms in total. The van der Waals surface area contributed by atoms with Crippen molar-refractivity contribution in [3.63, 3.8) is 0 Å². The van der Waals surface area contributed by atoms with E-state index in [1.807, 2.05) is 26.0 Å². The van der Waals surface area contributed by atoms with Crippen LogP contribution in [0.3, 0.4) is 0 Å². The minimum absolute atomic E-state index is 0.590. The fourth-order valence-corrected chi connectivity index (χ4v) is 1.51. The first-order chi connectivity index (χ1) is 6.11. The predicted molar refractivity (Wildman–Crippen MR) is 61.6 cm³/mol. The topological polar surface area (TPSA) is 0 Å². The summed E-state index contributed by atoms with van der Waals surface area (Å²) < 4.78 is 0. The van der Waals surface area contributed by atoms with Crippen LogP contribution in [0.5, 0.6) is 0 Å². The highest BCUT2D eigenvalue weighted by atomic mass is 35.5. The Hall–Kier alpha value is -0.490. The van der Waals surface area contributed by atoms with Gasteiger partial charge in [-0.25, -0.2) is 0 Å². The maximum atomic E-state index is 5.82. The first kappa shape index (κ1) is 12.5. The van der Waals surface area contributed by atoms with Gasteiger partial charge in [0, 0.05) is 5.02 Å². The van der Waals surface area contributed by atoms with Crippen LogP contribution in [-0.2, 0) is 0 Å². The highest BCUT2D eigenvalue weighted by molar-refractivity contribution is 6.30. The quantitative estimate of drug-likeness (QED) is 0.608. The van der Waals surface area contributed by atoms with Crippen molar-refractivity contribution in [2.45, 2.75) is 40.5 Å². The average molecular weight is 199 g/mol. The molecular weight excluding hydrogens is 180 g/mol. The Kier molecular flexibility index (Phi) is 5.81. The Bertz CT molecular complexity index is 251. The molecule has 0 atom stereocenters. The zero-order valence-corrected chi connectivity index (χ0v) is 9.94. The van der Waals surface area contributed by atoms with Crippen molar-refractivity contribution in [2.24, 2.45) is 0 Å². The molecule has 0 unspecified atom stereocenters. The zero-order valence-electron chi connectivity index (χ0n) is 9.19. The van der Waals surface area contributed by atoms with Gasteiger partial charge in [-0.05, 0) is 36.1 Å². The molecule has 0 spiro atoms. The Balaban J connectivity index is 0.000000671. The van der Waals surface area contributed by atoms with Crippen molar-refractivity contribution >= 4 is 11.6 Å². The Labute approximate surface area is 86.9 Å². The number of benzene rings is 1. The van der Waals surface area contributed by atoms with Crippen molar-refractivity contribution in [3.8, 4) is 0 Å². The first-order valence-electron chi connectivity index (χ1n) is 4.87. The van der Waals surface area contributed by atoms with E-state index >= 15 is 0 Å². The molecule has 1 aromatic carbocycles. The standard InChI is InChI=1S/C10H13Cl.C2H6/c1-7(2)10-5-4-9(11)6-8(10)3;1-2/h4-7H,1-3H3;1-2H3. The molecule has 0 N–H and O–H groups in total. The number of rotatable bonds is 1. The van der Waals surface area contributed by atoms with E-state index in [2.05, 4.69) is 26.8 Å². The Morgan fingerprint density at radius 2 is 1.69 bits per heavy atom. The van der Waals surface area contributed by atoms with E-state index in [0.29, 0.717) is 5.92 Å². The molecule has 1 aromatic rings. The Morgan fingerprint density at radius 3 is 2.08 bits per heavy atom. The number of hydrogen-bond donors (Lipinski definition) is 0. The van der Waals surface area contributed by atoms with Crippen LogP contribution in [-0.4, -0.2) is 0 Å². The molecule has 13 heavy (non-hydrogen) atoms. The summed E-state index contributed by atoms with van der Waals surface area (Å²) in [6, 6.07) is 6.06. The third-order valence-corrected chi connectivity index (χ3v) is 2.09. The van der Waals surface area contributed by atoms with Crippen LogP contribution in [0.1, 0.15) is 44.7 Å². The lowest BCUT2D eigenvalue weighted by Crippen LogP contribution is -1.90. The van der Waals surface area contributed by atoms with E-state index in [1.165, 1.54) is 11.1 Å². The number of hydrogen-bond acceptors (Lipinski definition) is 0. The van der Waals surface area contributed by atoms with Crippen LogP contribution in [0.15, 0.2) is 18.2 Å². The molecule has 0 aliphatic heterocycles. The minimum Gasteiger partial charge on any atom is -0.0843 e. The van der Waals surface area contributed by atoms with Crippen molar-refractivity contribution in [1.29, 1.82) is 0 Å². The predicted octanol–water partition coefficient (Wildman–Crippen LogP) is 4.80. The van der Waals surface area contributed by atoms with Crippen LogP contribution in [0.25, 0.3) is 0 Å².